The Morgan fingerprint density at radius 2 is 2.12 bits per heavy atom. The van der Waals surface area contributed by atoms with E-state index in [2.05, 4.69) is 20.9 Å². The number of aryl methyl sites for hydroxylation is 1. The predicted octanol–water partition coefficient (Wildman–Crippen LogP) is 3.57. The van der Waals surface area contributed by atoms with Gasteiger partial charge in [0.2, 0.25) is 0 Å². The molecule has 1 unspecified atom stereocenters. The third kappa shape index (κ3) is 2.38. The molecule has 1 N–H and O–H groups in total. The fourth-order valence-electron chi connectivity index (χ4n) is 1.41. The molecule has 1 aromatic carbocycles. The van der Waals surface area contributed by atoms with Crippen molar-refractivity contribution in [3.63, 3.8) is 0 Å². The molecule has 0 spiro atoms. The number of aromatic nitrogens is 1. The summed E-state index contributed by atoms with van der Waals surface area (Å²) < 4.78 is 27.4. The molecule has 17 heavy (non-hydrogen) atoms. The van der Waals surface area contributed by atoms with Gasteiger partial charge in [-0.25, -0.2) is 13.8 Å². The van der Waals surface area contributed by atoms with E-state index < -0.39 is 17.7 Å². The number of halogens is 3. The number of aliphatic hydroxyl groups is 1. The zero-order chi connectivity index (χ0) is 12.6. The smallest absolute Gasteiger partial charge is 0.146 e. The summed E-state index contributed by atoms with van der Waals surface area (Å²) in [5, 5.41) is 11.9. The summed E-state index contributed by atoms with van der Waals surface area (Å²) in [4.78, 5) is 4.02. The fourth-order valence-corrected chi connectivity index (χ4v) is 2.55. The Bertz CT molecular complexity index is 558. The van der Waals surface area contributed by atoms with Gasteiger partial charge in [-0.15, -0.1) is 11.3 Å². The van der Waals surface area contributed by atoms with Crippen LogP contribution >= 0.6 is 27.3 Å². The normalized spacial score (nSPS) is 12.8. The van der Waals surface area contributed by atoms with Gasteiger partial charge in [-0.05, 0) is 35.0 Å². The molecule has 0 fully saturated rings. The van der Waals surface area contributed by atoms with Crippen LogP contribution in [0.1, 0.15) is 22.4 Å². The highest BCUT2D eigenvalue weighted by molar-refractivity contribution is 9.10. The summed E-state index contributed by atoms with van der Waals surface area (Å²) in [6, 6.07) is 2.36. The van der Waals surface area contributed by atoms with Crippen molar-refractivity contribution >= 4 is 27.3 Å². The van der Waals surface area contributed by atoms with Gasteiger partial charge in [0.05, 0.1) is 10.0 Å². The zero-order valence-electron chi connectivity index (χ0n) is 8.75. The van der Waals surface area contributed by atoms with E-state index in [0.717, 1.165) is 6.07 Å². The third-order valence-electron chi connectivity index (χ3n) is 2.22. The molecular weight excluding hydrogens is 312 g/mol. The molecule has 2 nitrogen and oxygen atoms in total. The number of rotatable bonds is 2. The van der Waals surface area contributed by atoms with E-state index in [4.69, 9.17) is 0 Å². The van der Waals surface area contributed by atoms with Crippen molar-refractivity contribution in [2.75, 3.05) is 0 Å². The molecule has 90 valence electrons. The second kappa shape index (κ2) is 4.80. The van der Waals surface area contributed by atoms with E-state index in [9.17, 15) is 13.9 Å². The number of aliphatic hydroxyl groups excluding tert-OH is 1. The van der Waals surface area contributed by atoms with Crippen molar-refractivity contribution in [3.05, 3.63) is 49.9 Å². The van der Waals surface area contributed by atoms with E-state index >= 15 is 0 Å². The van der Waals surface area contributed by atoms with E-state index in [-0.39, 0.29) is 15.0 Å². The van der Waals surface area contributed by atoms with Gasteiger partial charge >= 0.3 is 0 Å². The summed E-state index contributed by atoms with van der Waals surface area (Å²) in [5.41, 5.74) is 0.327. The first-order chi connectivity index (χ1) is 8.00. The molecule has 0 aliphatic rings. The van der Waals surface area contributed by atoms with Crippen molar-refractivity contribution in [3.8, 4) is 0 Å². The fraction of sp³-hybridized carbons (Fsp3) is 0.182. The first-order valence-electron chi connectivity index (χ1n) is 4.74. The Labute approximate surface area is 109 Å². The van der Waals surface area contributed by atoms with Gasteiger partial charge in [-0.3, -0.25) is 0 Å². The number of hydrogen-bond acceptors (Lipinski definition) is 3. The lowest BCUT2D eigenvalue weighted by atomic mass is 10.1. The monoisotopic (exact) mass is 319 g/mol. The molecular formula is C11H8BrF2NOS. The molecule has 1 heterocycles. The molecule has 1 atom stereocenters. The van der Waals surface area contributed by atoms with Crippen LogP contribution in [0.15, 0.2) is 22.0 Å². The molecule has 1 aromatic heterocycles. The molecule has 0 saturated heterocycles. The van der Waals surface area contributed by atoms with E-state index in [1.54, 1.807) is 12.3 Å². The molecule has 0 amide bonds. The lowest BCUT2D eigenvalue weighted by Gasteiger charge is -2.11. The van der Waals surface area contributed by atoms with Crippen LogP contribution < -0.4 is 0 Å². The van der Waals surface area contributed by atoms with Crippen LogP contribution in [0.3, 0.4) is 0 Å². The number of nitrogens with zero attached hydrogens (tertiary/aromatic N) is 1. The maximum Gasteiger partial charge on any atom is 0.146 e. The molecule has 0 bridgehead atoms. The maximum atomic E-state index is 13.7. The molecule has 0 aliphatic carbocycles. The van der Waals surface area contributed by atoms with Gasteiger partial charge in [0.25, 0.3) is 0 Å². The molecule has 0 aliphatic heterocycles. The summed E-state index contributed by atoms with van der Waals surface area (Å²) in [7, 11) is 0. The number of thiazole rings is 1. The van der Waals surface area contributed by atoms with Gasteiger partial charge in [-0.2, -0.15) is 0 Å². The minimum absolute atomic E-state index is 0.112. The van der Waals surface area contributed by atoms with Crippen LogP contribution in [-0.4, -0.2) is 10.1 Å². The third-order valence-corrected chi connectivity index (χ3v) is 3.85. The maximum absolute atomic E-state index is 13.7. The van der Waals surface area contributed by atoms with Crippen LogP contribution in [-0.2, 0) is 0 Å². The first kappa shape index (κ1) is 12.6. The standard InChI is InChI=1S/C11H8BrF2NOS/c1-5-4-17-11(15-5)10(16)8-7(13)3-2-6(12)9(8)14/h2-4,10,16H,1H3. The average Bonchev–Trinajstić information content (AvgIpc) is 2.71. The minimum atomic E-state index is -1.38. The molecule has 0 saturated carbocycles. The number of hydrogen-bond donors (Lipinski definition) is 1. The highest BCUT2D eigenvalue weighted by Gasteiger charge is 2.23. The highest BCUT2D eigenvalue weighted by atomic mass is 79.9. The topological polar surface area (TPSA) is 33.1 Å². The number of benzene rings is 1. The van der Waals surface area contributed by atoms with Gasteiger partial charge < -0.3 is 5.11 Å². The summed E-state index contributed by atoms with van der Waals surface area (Å²) in [6.07, 6.45) is -1.38. The Kier molecular flexibility index (Phi) is 3.56. The van der Waals surface area contributed by atoms with Crippen LogP contribution in [0, 0.1) is 18.6 Å². The molecule has 2 aromatic rings. The highest BCUT2D eigenvalue weighted by Crippen LogP contribution is 2.31. The van der Waals surface area contributed by atoms with Crippen molar-refractivity contribution in [1.82, 2.24) is 4.98 Å². The quantitative estimate of drug-likeness (QED) is 0.858. The van der Waals surface area contributed by atoms with Crippen LogP contribution in [0.25, 0.3) is 0 Å². The van der Waals surface area contributed by atoms with Crippen molar-refractivity contribution in [2.24, 2.45) is 0 Å². The predicted molar refractivity (Wildman–Crippen MR) is 65.0 cm³/mol. The second-order valence-electron chi connectivity index (χ2n) is 3.49. The SMILES string of the molecule is Cc1csc(C(O)c2c(F)ccc(Br)c2F)n1. The Hall–Kier alpha value is -0.850. The van der Waals surface area contributed by atoms with E-state index in [0.29, 0.717) is 5.69 Å². The van der Waals surface area contributed by atoms with Gasteiger partial charge in [0, 0.05) is 11.1 Å². The summed E-state index contributed by atoms with van der Waals surface area (Å²) >= 11 is 4.12. The Balaban J connectivity index is 2.50. The van der Waals surface area contributed by atoms with E-state index in [1.807, 2.05) is 0 Å². The molecule has 6 heteroatoms. The summed E-state index contributed by atoms with van der Waals surface area (Å²) in [6.45, 7) is 1.75. The largest absolute Gasteiger partial charge is 0.381 e. The second-order valence-corrected chi connectivity index (χ2v) is 5.23. The van der Waals surface area contributed by atoms with Crippen molar-refractivity contribution < 1.29 is 13.9 Å². The lowest BCUT2D eigenvalue weighted by Crippen LogP contribution is -2.06. The molecule has 2 rings (SSSR count). The Morgan fingerprint density at radius 3 is 2.71 bits per heavy atom. The molecule has 0 radical (unpaired) electrons. The van der Waals surface area contributed by atoms with Gasteiger partial charge in [-0.1, -0.05) is 0 Å². The Morgan fingerprint density at radius 1 is 1.41 bits per heavy atom. The van der Waals surface area contributed by atoms with Crippen LogP contribution in [0.2, 0.25) is 0 Å². The first-order valence-corrected chi connectivity index (χ1v) is 6.41. The van der Waals surface area contributed by atoms with Crippen LogP contribution in [0.4, 0.5) is 8.78 Å². The lowest BCUT2D eigenvalue weighted by molar-refractivity contribution is 0.208. The summed E-state index contributed by atoms with van der Waals surface area (Å²) in [5.74, 6) is -1.59. The van der Waals surface area contributed by atoms with Gasteiger partial charge in [0.15, 0.2) is 0 Å². The zero-order valence-corrected chi connectivity index (χ0v) is 11.1. The minimum Gasteiger partial charge on any atom is -0.381 e. The van der Waals surface area contributed by atoms with Gasteiger partial charge in [0.1, 0.15) is 22.7 Å². The van der Waals surface area contributed by atoms with E-state index in [1.165, 1.54) is 17.4 Å². The van der Waals surface area contributed by atoms with Crippen molar-refractivity contribution in [1.29, 1.82) is 0 Å². The van der Waals surface area contributed by atoms with Crippen molar-refractivity contribution in [2.45, 2.75) is 13.0 Å². The average molecular weight is 320 g/mol. The van der Waals surface area contributed by atoms with Crippen LogP contribution in [0.5, 0.6) is 0 Å².